The molecule has 0 amide bonds. The largest absolute Gasteiger partial charge is 0.478 e. The van der Waals surface area contributed by atoms with Gasteiger partial charge in [0.1, 0.15) is 0 Å². The Morgan fingerprint density at radius 1 is 1.03 bits per heavy atom. The average Bonchev–Trinajstić information content (AvgIpc) is 2.79. The molecule has 0 saturated heterocycles. The number of carbonyl (C=O) groups is 1. The van der Waals surface area contributed by atoms with Crippen LogP contribution >= 0.6 is 0 Å². The lowest BCUT2D eigenvalue weighted by Crippen LogP contribution is -2.35. The Bertz CT molecular complexity index is 1240. The lowest BCUT2D eigenvalue weighted by Gasteiger charge is -2.26. The Morgan fingerprint density at radius 3 is 2.52 bits per heavy atom. The monoisotopic (exact) mass is 419 g/mol. The van der Waals surface area contributed by atoms with Crippen molar-refractivity contribution in [3.63, 3.8) is 0 Å². The summed E-state index contributed by atoms with van der Waals surface area (Å²) in [5, 5.41) is 9.40. The molecule has 1 aromatic heterocycles. The second kappa shape index (κ2) is 9.14. The van der Waals surface area contributed by atoms with Crippen LogP contribution in [0.2, 0.25) is 0 Å². The van der Waals surface area contributed by atoms with Crippen molar-refractivity contribution >= 4 is 22.4 Å². The average molecular weight is 419 g/mol. The van der Waals surface area contributed by atoms with Gasteiger partial charge in [0.2, 0.25) is 0 Å². The summed E-state index contributed by atoms with van der Waals surface area (Å²) in [6.07, 6.45) is 4.90. The van der Waals surface area contributed by atoms with E-state index in [4.69, 9.17) is 5.11 Å². The quantitative estimate of drug-likeness (QED) is 0.574. The number of fused-ring (bicyclic) bond motifs is 1. The van der Waals surface area contributed by atoms with E-state index >= 15 is 0 Å². The summed E-state index contributed by atoms with van der Waals surface area (Å²) >= 11 is 0. The Labute approximate surface area is 179 Å². The molecule has 7 heteroatoms. The zero-order valence-electron chi connectivity index (χ0n) is 17.2. The molecule has 1 aliphatic rings. The van der Waals surface area contributed by atoms with Crippen molar-refractivity contribution in [2.75, 3.05) is 19.6 Å². The standard InChI is InChI=1S/C24H25N3O4/c28-22-20-9-8-19(23(29)30)16-21(20)25-24(31)27(22)13-5-4-12-26-14-10-18(11-15-26)17-6-2-1-3-7-17/h1-3,6-10,16H,4-5,11-15H2,(H,25,31)(H,29,30). The third kappa shape index (κ3) is 4.67. The first kappa shape index (κ1) is 20.8. The van der Waals surface area contributed by atoms with Gasteiger partial charge in [0.25, 0.3) is 5.56 Å². The molecule has 0 unspecified atom stereocenters. The third-order valence-corrected chi connectivity index (χ3v) is 5.77. The third-order valence-electron chi connectivity index (χ3n) is 5.77. The number of carboxylic acids is 1. The van der Waals surface area contributed by atoms with E-state index in [0.717, 1.165) is 32.5 Å². The topological polar surface area (TPSA) is 95.4 Å². The van der Waals surface area contributed by atoms with Crippen LogP contribution in [0.1, 0.15) is 35.2 Å². The fraction of sp³-hybridized carbons (Fsp3) is 0.292. The molecule has 2 N–H and O–H groups in total. The van der Waals surface area contributed by atoms with E-state index in [1.165, 1.54) is 33.9 Å². The molecule has 3 aromatic rings. The molecule has 2 aromatic carbocycles. The fourth-order valence-electron chi connectivity index (χ4n) is 4.02. The van der Waals surface area contributed by atoms with E-state index in [0.29, 0.717) is 18.4 Å². The maximum atomic E-state index is 12.7. The molecule has 0 saturated carbocycles. The van der Waals surface area contributed by atoms with Gasteiger partial charge < -0.3 is 10.1 Å². The number of aromatic nitrogens is 2. The second-order valence-electron chi connectivity index (χ2n) is 7.81. The number of nitrogens with one attached hydrogen (secondary N) is 1. The van der Waals surface area contributed by atoms with Gasteiger partial charge in [-0.1, -0.05) is 36.4 Å². The number of benzene rings is 2. The van der Waals surface area contributed by atoms with E-state index in [1.807, 2.05) is 6.07 Å². The summed E-state index contributed by atoms with van der Waals surface area (Å²) in [6.45, 7) is 3.17. The maximum absolute atomic E-state index is 12.7. The predicted molar refractivity (Wildman–Crippen MR) is 120 cm³/mol. The number of aromatic carboxylic acids is 1. The van der Waals surface area contributed by atoms with Crippen molar-refractivity contribution in [1.82, 2.24) is 14.5 Å². The summed E-state index contributed by atoms with van der Waals surface area (Å²) in [5.74, 6) is -1.10. The Hall–Kier alpha value is -3.45. The van der Waals surface area contributed by atoms with E-state index in [1.54, 1.807) is 0 Å². The summed E-state index contributed by atoms with van der Waals surface area (Å²) < 4.78 is 1.20. The minimum absolute atomic E-state index is 0.0336. The number of hydrogen-bond acceptors (Lipinski definition) is 4. The molecule has 4 rings (SSSR count). The highest BCUT2D eigenvalue weighted by Crippen LogP contribution is 2.22. The van der Waals surface area contributed by atoms with E-state index in [2.05, 4.69) is 40.2 Å². The highest BCUT2D eigenvalue weighted by Gasteiger charge is 2.13. The highest BCUT2D eigenvalue weighted by atomic mass is 16.4. The molecule has 0 atom stereocenters. The van der Waals surface area contributed by atoms with Crippen LogP contribution in [0, 0.1) is 0 Å². The molecule has 31 heavy (non-hydrogen) atoms. The molecule has 0 aliphatic carbocycles. The smallest absolute Gasteiger partial charge is 0.335 e. The molecule has 0 spiro atoms. The van der Waals surface area contributed by atoms with Gasteiger partial charge in [-0.2, -0.15) is 0 Å². The fourth-order valence-corrected chi connectivity index (χ4v) is 4.02. The summed E-state index contributed by atoms with van der Waals surface area (Å²) in [6, 6.07) is 14.6. The van der Waals surface area contributed by atoms with Crippen LogP contribution in [-0.4, -0.2) is 45.2 Å². The van der Waals surface area contributed by atoms with Crippen LogP contribution in [0.4, 0.5) is 0 Å². The van der Waals surface area contributed by atoms with E-state index < -0.39 is 11.7 Å². The SMILES string of the molecule is O=C(O)c1ccc2c(=O)n(CCCCN3CC=C(c4ccccc4)CC3)c(=O)[nH]c2c1. The van der Waals surface area contributed by atoms with Crippen molar-refractivity contribution in [2.45, 2.75) is 25.8 Å². The molecule has 0 radical (unpaired) electrons. The molecule has 1 aliphatic heterocycles. The number of aromatic amines is 1. The number of carboxylic acid groups (broad SMARTS) is 1. The van der Waals surface area contributed by atoms with Crippen molar-refractivity contribution in [3.05, 3.63) is 86.6 Å². The number of H-pyrrole nitrogens is 1. The van der Waals surface area contributed by atoms with Crippen LogP contribution in [0.25, 0.3) is 16.5 Å². The van der Waals surface area contributed by atoms with Crippen LogP contribution in [-0.2, 0) is 6.54 Å². The highest BCUT2D eigenvalue weighted by molar-refractivity contribution is 5.92. The molecule has 0 fully saturated rings. The summed E-state index contributed by atoms with van der Waals surface area (Å²) in [7, 11) is 0. The number of rotatable bonds is 7. The van der Waals surface area contributed by atoms with Gasteiger partial charge >= 0.3 is 11.7 Å². The van der Waals surface area contributed by atoms with Crippen LogP contribution < -0.4 is 11.2 Å². The minimum atomic E-state index is -1.10. The molecular formula is C24H25N3O4. The number of nitrogens with zero attached hydrogens (tertiary/aromatic N) is 2. The minimum Gasteiger partial charge on any atom is -0.478 e. The van der Waals surface area contributed by atoms with Crippen molar-refractivity contribution < 1.29 is 9.90 Å². The zero-order chi connectivity index (χ0) is 21.8. The first-order chi connectivity index (χ1) is 15.0. The Balaban J connectivity index is 1.34. The predicted octanol–water partition coefficient (Wildman–Crippen LogP) is 2.96. The molecule has 160 valence electrons. The molecular weight excluding hydrogens is 394 g/mol. The maximum Gasteiger partial charge on any atom is 0.335 e. The zero-order valence-corrected chi connectivity index (χ0v) is 17.2. The summed E-state index contributed by atoms with van der Waals surface area (Å²) in [5.41, 5.74) is 2.06. The Kier molecular flexibility index (Phi) is 6.13. The van der Waals surface area contributed by atoms with Crippen LogP contribution in [0.5, 0.6) is 0 Å². The van der Waals surface area contributed by atoms with Gasteiger partial charge in [0.05, 0.1) is 16.5 Å². The van der Waals surface area contributed by atoms with E-state index in [-0.39, 0.29) is 16.6 Å². The lowest BCUT2D eigenvalue weighted by atomic mass is 9.99. The first-order valence-corrected chi connectivity index (χ1v) is 10.5. The second-order valence-corrected chi connectivity index (χ2v) is 7.81. The molecule has 2 heterocycles. The summed E-state index contributed by atoms with van der Waals surface area (Å²) in [4.78, 5) is 41.1. The molecule has 0 bridgehead atoms. The van der Waals surface area contributed by atoms with Gasteiger partial charge in [-0.15, -0.1) is 0 Å². The van der Waals surface area contributed by atoms with Crippen LogP contribution in [0.15, 0.2) is 64.2 Å². The number of hydrogen-bond donors (Lipinski definition) is 2. The van der Waals surface area contributed by atoms with Crippen molar-refractivity contribution in [1.29, 1.82) is 0 Å². The lowest BCUT2D eigenvalue weighted by molar-refractivity contribution is 0.0697. The molecule has 7 nitrogen and oxygen atoms in total. The van der Waals surface area contributed by atoms with Gasteiger partial charge in [-0.3, -0.25) is 14.3 Å². The van der Waals surface area contributed by atoms with Gasteiger partial charge in [-0.05, 0) is 55.1 Å². The Morgan fingerprint density at radius 2 is 1.81 bits per heavy atom. The van der Waals surface area contributed by atoms with Crippen molar-refractivity contribution in [3.8, 4) is 0 Å². The van der Waals surface area contributed by atoms with Gasteiger partial charge in [-0.25, -0.2) is 9.59 Å². The first-order valence-electron chi connectivity index (χ1n) is 10.5. The van der Waals surface area contributed by atoms with Crippen molar-refractivity contribution in [2.24, 2.45) is 0 Å². The van der Waals surface area contributed by atoms with Crippen LogP contribution in [0.3, 0.4) is 0 Å². The van der Waals surface area contributed by atoms with E-state index in [9.17, 15) is 14.4 Å². The normalized spacial score (nSPS) is 14.5. The van der Waals surface area contributed by atoms with Gasteiger partial charge in [0.15, 0.2) is 0 Å². The van der Waals surface area contributed by atoms with Gasteiger partial charge in [0, 0.05) is 19.6 Å². The number of unbranched alkanes of at least 4 members (excludes halogenated alkanes) is 1.